The lowest BCUT2D eigenvalue weighted by atomic mass is 10.3. The second kappa shape index (κ2) is 4.55. The Bertz CT molecular complexity index is 627. The van der Waals surface area contributed by atoms with Crippen LogP contribution in [0, 0.1) is 0 Å². The zero-order chi connectivity index (χ0) is 12.4. The normalized spacial score (nSPS) is 10.4. The first-order chi connectivity index (χ1) is 8.15. The second-order valence-electron chi connectivity index (χ2n) is 3.64. The lowest BCUT2D eigenvalue weighted by Gasteiger charge is -2.13. The Hall–Kier alpha value is -1.88. The third-order valence-electron chi connectivity index (χ3n) is 2.39. The number of carbonyl (C=O) groups excluding carboxylic acids is 1. The van der Waals surface area contributed by atoms with E-state index >= 15 is 0 Å². The van der Waals surface area contributed by atoms with Gasteiger partial charge in [0.1, 0.15) is 0 Å². The molecular weight excluding hydrogens is 236 g/mol. The molecule has 0 saturated carbocycles. The number of hydrogen-bond acceptors (Lipinski definition) is 3. The van der Waals surface area contributed by atoms with Crippen molar-refractivity contribution in [2.45, 2.75) is 0 Å². The van der Waals surface area contributed by atoms with Crippen molar-refractivity contribution in [1.82, 2.24) is 8.86 Å². The molecule has 4 nitrogen and oxygen atoms in total. The lowest BCUT2D eigenvalue weighted by molar-refractivity contribution is 0.216. The topological polar surface area (TPSA) is 42.3 Å². The minimum Gasteiger partial charge on any atom is -0.323 e. The van der Waals surface area contributed by atoms with E-state index in [0.29, 0.717) is 11.9 Å². The van der Waals surface area contributed by atoms with Crippen LogP contribution in [0.3, 0.4) is 0 Å². The van der Waals surface area contributed by atoms with Gasteiger partial charge in [-0.25, -0.2) is 4.79 Å². The highest BCUT2D eigenvalue weighted by Crippen LogP contribution is 2.16. The molecule has 2 rings (SSSR count). The molecule has 2 aromatic rings. The van der Waals surface area contributed by atoms with Crippen LogP contribution in [0.5, 0.6) is 0 Å². The Morgan fingerprint density at radius 3 is 2.88 bits per heavy atom. The van der Waals surface area contributed by atoms with E-state index in [2.05, 4.69) is 6.58 Å². The van der Waals surface area contributed by atoms with Gasteiger partial charge in [0.15, 0.2) is 0 Å². The highest BCUT2D eigenvalue weighted by Gasteiger charge is 2.16. The average molecular weight is 248 g/mol. The van der Waals surface area contributed by atoms with Crippen molar-refractivity contribution in [3.05, 3.63) is 47.3 Å². The molecule has 0 aliphatic rings. The van der Waals surface area contributed by atoms with E-state index in [-0.39, 0.29) is 11.6 Å². The molecule has 0 N–H and O–H groups in total. The summed E-state index contributed by atoms with van der Waals surface area (Å²) in [6.45, 7) is 3.98. The van der Waals surface area contributed by atoms with Crippen LogP contribution in [0.2, 0.25) is 0 Å². The van der Waals surface area contributed by atoms with Crippen molar-refractivity contribution in [3.8, 4) is 0 Å². The van der Waals surface area contributed by atoms with E-state index in [1.807, 2.05) is 12.1 Å². The summed E-state index contributed by atoms with van der Waals surface area (Å²) in [5.74, 6) is 0. The van der Waals surface area contributed by atoms with Crippen LogP contribution in [0.1, 0.15) is 0 Å². The Morgan fingerprint density at radius 2 is 2.24 bits per heavy atom. The predicted octanol–water partition coefficient (Wildman–Crippen LogP) is 2.15. The molecule has 88 valence electrons. The van der Waals surface area contributed by atoms with Gasteiger partial charge in [-0.05, 0) is 23.7 Å². The first kappa shape index (κ1) is 11.6. The lowest BCUT2D eigenvalue weighted by Crippen LogP contribution is -2.34. The largest absolute Gasteiger partial charge is 0.340 e. The minimum absolute atomic E-state index is 0.258. The van der Waals surface area contributed by atoms with Crippen molar-refractivity contribution in [1.29, 1.82) is 0 Å². The molecule has 0 fully saturated rings. The van der Waals surface area contributed by atoms with Crippen molar-refractivity contribution >= 4 is 27.6 Å². The number of carbonyl (C=O) groups is 1. The molecule has 0 aliphatic carbocycles. The quantitative estimate of drug-likeness (QED) is 0.764. The maximum absolute atomic E-state index is 12.0. The fourth-order valence-corrected chi connectivity index (χ4v) is 2.51. The van der Waals surface area contributed by atoms with E-state index in [1.54, 1.807) is 25.3 Å². The first-order valence-electron chi connectivity index (χ1n) is 5.12. The fourth-order valence-electron chi connectivity index (χ4n) is 1.52. The van der Waals surface area contributed by atoms with Gasteiger partial charge in [-0.15, -0.1) is 6.58 Å². The molecule has 0 aliphatic heterocycles. The maximum Gasteiger partial charge on any atom is 0.340 e. The summed E-state index contributed by atoms with van der Waals surface area (Å²) in [7, 11) is 1.64. The Kier molecular flexibility index (Phi) is 3.10. The van der Waals surface area contributed by atoms with E-state index in [4.69, 9.17) is 0 Å². The molecule has 1 aromatic heterocycles. The van der Waals surface area contributed by atoms with Gasteiger partial charge >= 0.3 is 6.03 Å². The van der Waals surface area contributed by atoms with Crippen molar-refractivity contribution in [3.63, 3.8) is 0 Å². The summed E-state index contributed by atoms with van der Waals surface area (Å²) < 4.78 is 1.99. The van der Waals surface area contributed by atoms with Crippen LogP contribution in [-0.2, 0) is 0 Å². The van der Waals surface area contributed by atoms with Gasteiger partial charge in [0.05, 0.1) is 10.1 Å². The van der Waals surface area contributed by atoms with E-state index in [9.17, 15) is 9.59 Å². The average Bonchev–Trinajstić information content (AvgIpc) is 2.67. The minimum atomic E-state index is -0.323. The molecule has 17 heavy (non-hydrogen) atoms. The molecule has 0 atom stereocenters. The molecule has 0 radical (unpaired) electrons. The fraction of sp³-hybridized carbons (Fsp3) is 0.167. The number of benzene rings is 1. The Labute approximate surface area is 103 Å². The molecule has 1 heterocycles. The number of rotatable bonds is 2. The molecule has 1 amide bonds. The van der Waals surface area contributed by atoms with Gasteiger partial charge in [-0.3, -0.25) is 4.79 Å². The van der Waals surface area contributed by atoms with Crippen molar-refractivity contribution in [2.24, 2.45) is 0 Å². The van der Waals surface area contributed by atoms with E-state index in [1.165, 1.54) is 8.86 Å². The summed E-state index contributed by atoms with van der Waals surface area (Å²) in [5.41, 5.74) is -0.258. The van der Waals surface area contributed by atoms with Gasteiger partial charge < -0.3 is 4.90 Å². The van der Waals surface area contributed by atoms with E-state index < -0.39 is 0 Å². The van der Waals surface area contributed by atoms with Gasteiger partial charge in [0.25, 0.3) is 5.56 Å². The molecule has 0 unspecified atom stereocenters. The molecule has 0 spiro atoms. The number of fused-ring (bicyclic) bond motifs is 1. The van der Waals surface area contributed by atoms with Crippen molar-refractivity contribution < 1.29 is 4.79 Å². The third kappa shape index (κ3) is 2.01. The van der Waals surface area contributed by atoms with E-state index in [0.717, 1.165) is 16.2 Å². The molecular formula is C12H12N2O2S. The van der Waals surface area contributed by atoms with Crippen LogP contribution in [0.4, 0.5) is 4.79 Å². The summed E-state index contributed by atoms with van der Waals surface area (Å²) in [4.78, 5) is 25.4. The van der Waals surface area contributed by atoms with Gasteiger partial charge in [0.2, 0.25) is 0 Å². The smallest absolute Gasteiger partial charge is 0.323 e. The number of amides is 1. The third-order valence-corrected chi connectivity index (χ3v) is 3.45. The van der Waals surface area contributed by atoms with Crippen LogP contribution < -0.4 is 5.56 Å². The zero-order valence-corrected chi connectivity index (χ0v) is 10.2. The first-order valence-corrected chi connectivity index (χ1v) is 5.90. The second-order valence-corrected chi connectivity index (χ2v) is 4.63. The van der Waals surface area contributed by atoms with Crippen LogP contribution in [0.25, 0.3) is 10.1 Å². The van der Waals surface area contributed by atoms with Crippen molar-refractivity contribution in [2.75, 3.05) is 13.6 Å². The van der Waals surface area contributed by atoms with Gasteiger partial charge in [-0.2, -0.15) is 3.96 Å². The standard InChI is InChI=1S/C12H12N2O2S/c1-3-8-13(2)12(16)14-11(15)9-6-4-5-7-10(9)17-14/h3-7H,1,8H2,2H3. The number of nitrogens with zero attached hydrogens (tertiary/aromatic N) is 2. The number of hydrogen-bond donors (Lipinski definition) is 0. The summed E-state index contributed by atoms with van der Waals surface area (Å²) in [6, 6.07) is 6.87. The molecule has 1 aromatic carbocycles. The molecule has 0 saturated heterocycles. The van der Waals surface area contributed by atoms with Crippen LogP contribution in [0.15, 0.2) is 41.7 Å². The highest BCUT2D eigenvalue weighted by atomic mass is 32.1. The van der Waals surface area contributed by atoms with Gasteiger partial charge in [0, 0.05) is 13.6 Å². The monoisotopic (exact) mass is 248 g/mol. The molecule has 5 heteroatoms. The highest BCUT2D eigenvalue weighted by molar-refractivity contribution is 7.14. The maximum atomic E-state index is 12.0. The van der Waals surface area contributed by atoms with Crippen LogP contribution >= 0.6 is 11.5 Å². The van der Waals surface area contributed by atoms with Crippen LogP contribution in [-0.4, -0.2) is 28.5 Å². The number of likely N-dealkylation sites (N-methyl/N-ethyl adjacent to an activating group) is 1. The predicted molar refractivity (Wildman–Crippen MR) is 69.7 cm³/mol. The number of aromatic nitrogens is 1. The van der Waals surface area contributed by atoms with Gasteiger partial charge in [-0.1, -0.05) is 18.2 Å². The SMILES string of the molecule is C=CCN(C)C(=O)n1sc2ccccc2c1=O. The zero-order valence-electron chi connectivity index (χ0n) is 9.42. The Balaban J connectivity index is 2.49. The summed E-state index contributed by atoms with van der Waals surface area (Å²) in [5, 5.41) is 0.581. The summed E-state index contributed by atoms with van der Waals surface area (Å²) >= 11 is 1.16. The summed E-state index contributed by atoms with van der Waals surface area (Å²) in [6.07, 6.45) is 1.62. The molecule has 0 bridgehead atoms. The Morgan fingerprint density at radius 1 is 1.53 bits per heavy atom.